The summed E-state index contributed by atoms with van der Waals surface area (Å²) >= 11 is 0. The van der Waals surface area contributed by atoms with Gasteiger partial charge in [-0.25, -0.2) is 4.98 Å². The van der Waals surface area contributed by atoms with Crippen LogP contribution in [-0.2, 0) is 65.6 Å². The van der Waals surface area contributed by atoms with E-state index in [1.165, 1.54) is 24.5 Å². The standard InChI is InChI=1S/C55H91N15O13/c1-8-9-19-37(47(59)75)63-53(81)42(24-31(2)3)70(7)43(72)29-61-54(82)45(32(4)5)68-52(80)40(25-34-17-11-10-12-18-34)66-49(77)38(20-13-15-22-56)65-51(79)41(27-44(73)74)67-55(83)46(33(6)71)69-50(78)39(21-14-16-23-57)64-48(76)36(58)26-35-28-60-30-62-35/h10-12,17-18,28,30-33,36-42,45-46,71H,8-9,13-16,19-27,29,56-58H2,1-7H3,(H2,59,75)(H,60,62)(H,61,82)(H,63,81)(H,64,76)(H,65,79)(H,66,77)(H,67,83)(H,68,80)(H,69,78)(H,73,74)/t33-,36+,37+,38+,39+,40+,41+,42+,45+,46+/m1/s1. The Kier molecular flexibility index (Phi) is 32.3. The summed E-state index contributed by atoms with van der Waals surface area (Å²) in [4.78, 5) is 157. The van der Waals surface area contributed by atoms with Gasteiger partial charge in [-0.05, 0) is 88.8 Å². The SMILES string of the molecule is CCCC[C@H](NC(=O)[C@H](CC(C)C)N(C)C(=O)CNC(=O)[C@@H](NC(=O)[C@H](Cc1ccccc1)NC(=O)[C@H](CCCCN)NC(=O)[C@H](CC(=O)O)NC(=O)[C@@H](NC(=O)[C@H](CCCCN)NC(=O)[C@@H](N)Cc1cnc[nH]1)[C@@H](C)O)C(C)C)C(N)=O. The summed E-state index contributed by atoms with van der Waals surface area (Å²) in [6.07, 6.45) is 3.41. The Balaban J connectivity index is 2.38. The molecule has 0 spiro atoms. The van der Waals surface area contributed by atoms with E-state index in [0.717, 1.165) is 13.3 Å². The third-order valence-corrected chi connectivity index (χ3v) is 13.5. The number of likely N-dealkylation sites (N-methyl/N-ethyl adjacent to an activating group) is 1. The van der Waals surface area contributed by atoms with E-state index in [1.54, 1.807) is 44.2 Å². The maximum atomic E-state index is 14.4. The highest BCUT2D eigenvalue weighted by molar-refractivity contribution is 5.99. The number of carbonyl (C=O) groups excluding carboxylic acids is 10. The Morgan fingerprint density at radius 3 is 1.66 bits per heavy atom. The summed E-state index contributed by atoms with van der Waals surface area (Å²) in [6, 6.07) is -3.77. The van der Waals surface area contributed by atoms with Crippen LogP contribution in [-0.4, -0.2) is 177 Å². The summed E-state index contributed by atoms with van der Waals surface area (Å²) in [5.41, 5.74) is 24.2. The number of hydrogen-bond acceptors (Lipinski definition) is 16. The van der Waals surface area contributed by atoms with Crippen LogP contribution < -0.4 is 65.5 Å². The minimum Gasteiger partial charge on any atom is -0.481 e. The highest BCUT2D eigenvalue weighted by atomic mass is 16.4. The number of carbonyl (C=O) groups is 11. The molecule has 1 heterocycles. The molecular formula is C55H91N15O13. The second kappa shape index (κ2) is 37.5. The first-order chi connectivity index (χ1) is 39.2. The highest BCUT2D eigenvalue weighted by Gasteiger charge is 2.37. The molecule has 0 saturated heterocycles. The molecule has 2 rings (SSSR count). The molecule has 0 aliphatic carbocycles. The van der Waals surface area contributed by atoms with Gasteiger partial charge in [0.2, 0.25) is 59.1 Å². The molecule has 10 amide bonds. The van der Waals surface area contributed by atoms with Crippen LogP contribution in [0.5, 0.6) is 0 Å². The number of aromatic nitrogens is 2. The Hall–Kier alpha value is -7.56. The van der Waals surface area contributed by atoms with Crippen LogP contribution >= 0.6 is 0 Å². The number of aliphatic hydroxyl groups is 1. The predicted octanol–water partition coefficient (Wildman–Crippen LogP) is -2.65. The number of aromatic amines is 1. The Morgan fingerprint density at radius 1 is 0.627 bits per heavy atom. The maximum Gasteiger partial charge on any atom is 0.305 e. The number of hydrogen-bond donors (Lipinski definition) is 15. The number of primary amides is 1. The van der Waals surface area contributed by atoms with Crippen molar-refractivity contribution < 1.29 is 63.0 Å². The van der Waals surface area contributed by atoms with Gasteiger partial charge in [0, 0.05) is 31.8 Å². The number of carboxylic acid groups (broad SMARTS) is 1. The van der Waals surface area contributed by atoms with Crippen molar-refractivity contribution in [3.8, 4) is 0 Å². The summed E-state index contributed by atoms with van der Waals surface area (Å²) in [5, 5.41) is 40.9. The van der Waals surface area contributed by atoms with E-state index in [2.05, 4.69) is 52.5 Å². The number of H-pyrrole nitrogens is 1. The third-order valence-electron chi connectivity index (χ3n) is 13.5. The van der Waals surface area contributed by atoms with Crippen molar-refractivity contribution in [3.05, 3.63) is 54.1 Å². The van der Waals surface area contributed by atoms with Crippen molar-refractivity contribution in [2.75, 3.05) is 26.7 Å². The highest BCUT2D eigenvalue weighted by Crippen LogP contribution is 2.14. The molecule has 1 aromatic carbocycles. The summed E-state index contributed by atoms with van der Waals surface area (Å²) in [6.45, 7) is 9.92. The number of aliphatic carboxylic acids is 1. The lowest BCUT2D eigenvalue weighted by atomic mass is 10.00. The molecule has 0 unspecified atom stereocenters. The molecule has 28 heteroatoms. The number of benzene rings is 1. The van der Waals surface area contributed by atoms with Gasteiger partial charge >= 0.3 is 5.97 Å². The Bertz CT molecular complexity index is 2410. The number of amides is 10. The van der Waals surface area contributed by atoms with Crippen molar-refractivity contribution >= 4 is 65.0 Å². The molecular weight excluding hydrogens is 1080 g/mol. The van der Waals surface area contributed by atoms with Gasteiger partial charge < -0.3 is 85.6 Å². The molecule has 0 saturated carbocycles. The van der Waals surface area contributed by atoms with Gasteiger partial charge in [0.15, 0.2) is 0 Å². The van der Waals surface area contributed by atoms with Crippen molar-refractivity contribution in [2.45, 2.75) is 185 Å². The van der Waals surface area contributed by atoms with Crippen molar-refractivity contribution in [1.82, 2.24) is 57.4 Å². The number of imidazole rings is 1. The minimum absolute atomic E-state index is 0.0462. The number of unbranched alkanes of at least 4 members (excludes halogenated alkanes) is 3. The third kappa shape index (κ3) is 26.1. The summed E-state index contributed by atoms with van der Waals surface area (Å²) in [7, 11) is 1.39. The zero-order valence-electron chi connectivity index (χ0n) is 48.9. The fourth-order valence-electron chi connectivity index (χ4n) is 8.65. The van der Waals surface area contributed by atoms with E-state index >= 15 is 0 Å². The quantitative estimate of drug-likeness (QED) is 0.0303. The number of rotatable bonds is 40. The Morgan fingerprint density at radius 2 is 1.14 bits per heavy atom. The second-order valence-corrected chi connectivity index (χ2v) is 21.4. The van der Waals surface area contributed by atoms with Gasteiger partial charge in [0.05, 0.1) is 31.4 Å². The van der Waals surface area contributed by atoms with Crippen LogP contribution in [0, 0.1) is 11.8 Å². The van der Waals surface area contributed by atoms with Gasteiger partial charge in [0.25, 0.3) is 0 Å². The maximum absolute atomic E-state index is 14.4. The average molecular weight is 1170 g/mol. The van der Waals surface area contributed by atoms with Crippen LogP contribution in [0.4, 0.5) is 0 Å². The van der Waals surface area contributed by atoms with Crippen LogP contribution in [0.25, 0.3) is 0 Å². The molecule has 10 atom stereocenters. The number of nitrogens with zero attached hydrogens (tertiary/aromatic N) is 2. The average Bonchev–Trinajstić information content (AvgIpc) is 4.02. The molecule has 0 aliphatic heterocycles. The molecule has 2 aromatic rings. The first kappa shape index (κ1) is 71.5. The van der Waals surface area contributed by atoms with Gasteiger partial charge in [-0.1, -0.05) is 77.8 Å². The molecule has 19 N–H and O–H groups in total. The van der Waals surface area contributed by atoms with E-state index in [-0.39, 0.29) is 57.5 Å². The first-order valence-corrected chi connectivity index (χ1v) is 28.3. The lowest BCUT2D eigenvalue weighted by molar-refractivity contribution is -0.142. The lowest BCUT2D eigenvalue weighted by Crippen LogP contribution is -2.62. The molecule has 28 nitrogen and oxygen atoms in total. The van der Waals surface area contributed by atoms with Gasteiger partial charge in [-0.15, -0.1) is 0 Å². The molecule has 464 valence electrons. The molecule has 0 fully saturated rings. The lowest BCUT2D eigenvalue weighted by Gasteiger charge is -2.30. The zero-order chi connectivity index (χ0) is 62.3. The zero-order valence-corrected chi connectivity index (χ0v) is 48.9. The minimum atomic E-state index is -1.91. The molecule has 83 heavy (non-hydrogen) atoms. The van der Waals surface area contributed by atoms with E-state index in [9.17, 15) is 63.0 Å². The summed E-state index contributed by atoms with van der Waals surface area (Å²) in [5.74, 6) is -10.7. The summed E-state index contributed by atoms with van der Waals surface area (Å²) < 4.78 is 0. The van der Waals surface area contributed by atoms with Gasteiger partial charge in [-0.3, -0.25) is 52.7 Å². The van der Waals surface area contributed by atoms with Gasteiger partial charge in [-0.2, -0.15) is 0 Å². The number of nitrogens with two attached hydrogens (primary N) is 4. The largest absolute Gasteiger partial charge is 0.481 e. The molecule has 0 bridgehead atoms. The van der Waals surface area contributed by atoms with E-state index in [4.69, 9.17) is 22.9 Å². The number of carboxylic acids is 1. The van der Waals surface area contributed by atoms with Crippen LogP contribution in [0.1, 0.15) is 123 Å². The fourth-order valence-corrected chi connectivity index (χ4v) is 8.65. The van der Waals surface area contributed by atoms with Crippen molar-refractivity contribution in [3.63, 3.8) is 0 Å². The number of nitrogens with one attached hydrogen (secondary N) is 9. The predicted molar refractivity (Wildman–Crippen MR) is 306 cm³/mol. The van der Waals surface area contributed by atoms with Crippen LogP contribution in [0.15, 0.2) is 42.9 Å². The van der Waals surface area contributed by atoms with Crippen LogP contribution in [0.3, 0.4) is 0 Å². The first-order valence-electron chi connectivity index (χ1n) is 28.3. The Labute approximate surface area is 485 Å². The van der Waals surface area contributed by atoms with E-state index in [0.29, 0.717) is 43.4 Å². The van der Waals surface area contributed by atoms with Crippen LogP contribution in [0.2, 0.25) is 0 Å². The molecule has 1 aromatic heterocycles. The normalized spacial score (nSPS) is 14.9. The molecule has 0 radical (unpaired) electrons. The smallest absolute Gasteiger partial charge is 0.305 e. The van der Waals surface area contributed by atoms with Crippen molar-refractivity contribution in [2.24, 2.45) is 34.8 Å². The monoisotopic (exact) mass is 1170 g/mol. The van der Waals surface area contributed by atoms with E-state index < -0.39 is 144 Å². The fraction of sp³-hybridized carbons (Fsp3) is 0.636. The van der Waals surface area contributed by atoms with Gasteiger partial charge in [0.1, 0.15) is 48.3 Å². The topological polar surface area (TPSA) is 460 Å². The molecule has 0 aliphatic rings. The second-order valence-electron chi connectivity index (χ2n) is 21.4. The van der Waals surface area contributed by atoms with E-state index in [1.807, 2.05) is 20.8 Å². The number of aliphatic hydroxyl groups excluding tert-OH is 1. The van der Waals surface area contributed by atoms with Crippen molar-refractivity contribution in [1.29, 1.82) is 0 Å².